The van der Waals surface area contributed by atoms with Gasteiger partial charge in [-0.2, -0.15) is 0 Å². The number of rotatable bonds is 6. The van der Waals surface area contributed by atoms with Crippen molar-refractivity contribution >= 4 is 19.8 Å². The summed E-state index contributed by atoms with van der Waals surface area (Å²) in [7, 11) is -2.76. The van der Waals surface area contributed by atoms with Crippen LogP contribution in [0.5, 0.6) is 0 Å². The number of carbonyl (C=O) groups is 2. The quantitative estimate of drug-likeness (QED) is 0.450. The van der Waals surface area contributed by atoms with E-state index in [1.54, 1.807) is 37.3 Å². The van der Waals surface area contributed by atoms with E-state index >= 15 is 0 Å². The first kappa shape index (κ1) is 14.6. The number of ether oxygens (including phenoxy) is 1. The summed E-state index contributed by atoms with van der Waals surface area (Å²) in [4.78, 5) is 23.0. The number of hydrogen-bond donors (Lipinski definition) is 0. The highest BCUT2D eigenvalue weighted by Gasteiger charge is 2.29. The van der Waals surface area contributed by atoms with Crippen molar-refractivity contribution in [3.05, 3.63) is 35.9 Å². The van der Waals surface area contributed by atoms with Crippen LogP contribution in [0.4, 0.5) is 0 Å². The molecule has 0 N–H and O–H groups in total. The Morgan fingerprint density at radius 3 is 2.39 bits per heavy atom. The van der Waals surface area contributed by atoms with Crippen molar-refractivity contribution in [2.45, 2.75) is 19.7 Å². The average molecular weight is 270 g/mol. The first-order valence-electron chi connectivity index (χ1n) is 5.49. The molecule has 0 saturated carbocycles. The summed E-state index contributed by atoms with van der Waals surface area (Å²) in [5.41, 5.74) is 0.335. The Labute approximate surface area is 106 Å². The second-order valence-corrected chi connectivity index (χ2v) is 4.92. The van der Waals surface area contributed by atoms with Gasteiger partial charge in [0.25, 0.3) is 0 Å². The molecule has 1 aromatic carbocycles. The summed E-state index contributed by atoms with van der Waals surface area (Å²) < 4.78 is 21.5. The number of benzene rings is 1. The zero-order chi connectivity index (χ0) is 13.5. The Bertz CT molecular complexity index is 443. The fraction of sp³-hybridized carbons (Fsp3) is 0.333. The van der Waals surface area contributed by atoms with Gasteiger partial charge >= 0.3 is 5.97 Å². The highest BCUT2D eigenvalue weighted by molar-refractivity contribution is 7.41. The topological polar surface area (TPSA) is 69.7 Å². The minimum atomic E-state index is -2.76. The van der Waals surface area contributed by atoms with Gasteiger partial charge in [-0.1, -0.05) is 30.3 Å². The van der Waals surface area contributed by atoms with E-state index in [2.05, 4.69) is 0 Å². The summed E-state index contributed by atoms with van der Waals surface area (Å²) in [6.45, 7) is 3.00. The van der Waals surface area contributed by atoms with Crippen LogP contribution in [0.25, 0.3) is 0 Å². The summed E-state index contributed by atoms with van der Waals surface area (Å²) in [5, 5.41) is 0. The third-order valence-corrected chi connectivity index (χ3v) is 3.46. The van der Waals surface area contributed by atoms with Gasteiger partial charge in [0.1, 0.15) is 0 Å². The van der Waals surface area contributed by atoms with Crippen LogP contribution in [0.2, 0.25) is 0 Å². The summed E-state index contributed by atoms with van der Waals surface area (Å²) in [6, 6.07) is 8.25. The second-order valence-electron chi connectivity index (χ2n) is 3.47. The zero-order valence-electron chi connectivity index (χ0n) is 10.2. The maximum atomic E-state index is 12.1. The standard InChI is InChI=1S/C12H15O5P/c1-3-16-18(15)12(17-9(2)13)11(14)10-7-5-4-6-8-10/h4-8,12,18H,3H2,1-2H3. The van der Waals surface area contributed by atoms with Gasteiger partial charge in [0.15, 0.2) is 0 Å². The smallest absolute Gasteiger partial charge is 0.303 e. The van der Waals surface area contributed by atoms with Crippen LogP contribution in [-0.2, 0) is 18.6 Å². The van der Waals surface area contributed by atoms with Crippen LogP contribution in [0, 0.1) is 0 Å². The fourth-order valence-corrected chi connectivity index (χ4v) is 2.43. The normalized spacial score (nSPS) is 13.7. The van der Waals surface area contributed by atoms with Crippen LogP contribution in [0.1, 0.15) is 24.2 Å². The predicted octanol–water partition coefficient (Wildman–Crippen LogP) is 2.27. The minimum absolute atomic E-state index is 0.192. The molecule has 2 atom stereocenters. The third-order valence-electron chi connectivity index (χ3n) is 2.08. The molecule has 0 aliphatic heterocycles. The molecule has 0 aliphatic rings. The van der Waals surface area contributed by atoms with Gasteiger partial charge in [-0.25, -0.2) is 0 Å². The van der Waals surface area contributed by atoms with Crippen molar-refractivity contribution in [2.75, 3.05) is 6.61 Å². The molecule has 5 nitrogen and oxygen atoms in total. The van der Waals surface area contributed by atoms with Crippen LogP contribution >= 0.6 is 8.03 Å². The molecule has 0 aliphatic carbocycles. The third kappa shape index (κ3) is 4.09. The lowest BCUT2D eigenvalue weighted by atomic mass is 10.1. The van der Waals surface area contributed by atoms with E-state index in [1.165, 1.54) is 0 Å². The van der Waals surface area contributed by atoms with Crippen molar-refractivity contribution in [2.24, 2.45) is 0 Å². The molecular formula is C12H15O5P. The van der Waals surface area contributed by atoms with Crippen LogP contribution < -0.4 is 0 Å². The molecule has 1 aromatic rings. The van der Waals surface area contributed by atoms with Gasteiger partial charge in [-0.05, 0) is 6.92 Å². The number of esters is 1. The van der Waals surface area contributed by atoms with Gasteiger partial charge < -0.3 is 9.26 Å². The lowest BCUT2D eigenvalue weighted by Crippen LogP contribution is -2.23. The van der Waals surface area contributed by atoms with E-state index in [0.29, 0.717) is 5.56 Å². The Morgan fingerprint density at radius 1 is 1.28 bits per heavy atom. The molecule has 1 rings (SSSR count). The molecule has 18 heavy (non-hydrogen) atoms. The maximum absolute atomic E-state index is 12.1. The van der Waals surface area contributed by atoms with Crippen molar-refractivity contribution in [3.63, 3.8) is 0 Å². The summed E-state index contributed by atoms with van der Waals surface area (Å²) >= 11 is 0. The molecule has 0 saturated heterocycles. The van der Waals surface area contributed by atoms with E-state index in [1.807, 2.05) is 0 Å². The second kappa shape index (κ2) is 7.09. The zero-order valence-corrected chi connectivity index (χ0v) is 11.2. The monoisotopic (exact) mass is 270 g/mol. The van der Waals surface area contributed by atoms with Gasteiger partial charge in [0, 0.05) is 12.5 Å². The molecule has 0 heterocycles. The molecule has 0 aromatic heterocycles. The molecular weight excluding hydrogens is 255 g/mol. The Morgan fingerprint density at radius 2 is 1.89 bits per heavy atom. The lowest BCUT2D eigenvalue weighted by Gasteiger charge is -2.15. The van der Waals surface area contributed by atoms with Crippen molar-refractivity contribution in [1.82, 2.24) is 0 Å². The number of hydrogen-bond acceptors (Lipinski definition) is 5. The Hall–Kier alpha value is -1.45. The Balaban J connectivity index is 2.92. The summed E-state index contributed by atoms with van der Waals surface area (Å²) in [6.07, 6.45) is 0. The molecule has 98 valence electrons. The predicted molar refractivity (Wildman–Crippen MR) is 67.0 cm³/mol. The van der Waals surface area contributed by atoms with E-state index in [4.69, 9.17) is 9.26 Å². The van der Waals surface area contributed by atoms with E-state index in [9.17, 15) is 14.2 Å². The molecule has 2 unspecified atom stereocenters. The van der Waals surface area contributed by atoms with E-state index < -0.39 is 25.6 Å². The molecule has 0 spiro atoms. The van der Waals surface area contributed by atoms with Crippen molar-refractivity contribution in [1.29, 1.82) is 0 Å². The van der Waals surface area contributed by atoms with Gasteiger partial charge in [-0.15, -0.1) is 0 Å². The van der Waals surface area contributed by atoms with Crippen molar-refractivity contribution in [3.8, 4) is 0 Å². The highest BCUT2D eigenvalue weighted by Crippen LogP contribution is 2.32. The molecule has 0 radical (unpaired) electrons. The Kier molecular flexibility index (Phi) is 5.75. The summed E-state index contributed by atoms with van der Waals surface area (Å²) in [5.74, 6) is -2.53. The maximum Gasteiger partial charge on any atom is 0.303 e. The largest absolute Gasteiger partial charge is 0.444 e. The SMILES string of the molecule is CCO[PH](=O)C(OC(C)=O)C(=O)c1ccccc1. The van der Waals surface area contributed by atoms with E-state index in [-0.39, 0.29) is 6.61 Å². The first-order chi connectivity index (χ1) is 8.56. The van der Waals surface area contributed by atoms with Crippen LogP contribution in [0.15, 0.2) is 30.3 Å². The lowest BCUT2D eigenvalue weighted by molar-refractivity contribution is -0.141. The van der Waals surface area contributed by atoms with E-state index in [0.717, 1.165) is 6.92 Å². The number of Topliss-reactive ketones (excluding diaryl/α,β-unsaturated/α-hetero) is 1. The molecule has 0 bridgehead atoms. The number of ketones is 1. The van der Waals surface area contributed by atoms with Crippen molar-refractivity contribution < 1.29 is 23.4 Å². The fourth-order valence-electron chi connectivity index (χ4n) is 1.35. The first-order valence-corrected chi connectivity index (χ1v) is 6.88. The number of carbonyl (C=O) groups excluding carboxylic acids is 2. The minimum Gasteiger partial charge on any atom is -0.444 e. The molecule has 6 heteroatoms. The molecule has 0 fully saturated rings. The van der Waals surface area contributed by atoms with Gasteiger partial charge in [-0.3, -0.25) is 14.2 Å². The van der Waals surface area contributed by atoms with Gasteiger partial charge in [0.2, 0.25) is 19.7 Å². The van der Waals surface area contributed by atoms with Crippen LogP contribution in [0.3, 0.4) is 0 Å². The average Bonchev–Trinajstić information content (AvgIpc) is 2.36. The molecule has 0 amide bonds. The highest BCUT2D eigenvalue weighted by atomic mass is 31.1. The van der Waals surface area contributed by atoms with Crippen LogP contribution in [-0.4, -0.2) is 24.2 Å². The van der Waals surface area contributed by atoms with Gasteiger partial charge in [0.05, 0.1) is 6.61 Å².